The third-order valence-electron chi connectivity index (χ3n) is 13.5. The number of carbonyl (C=O) groups is 3. The number of carbonyl (C=O) groups excluding carboxylic acids is 3. The van der Waals surface area contributed by atoms with Crippen LogP contribution in [0.4, 0.5) is 0 Å². The first-order valence-corrected chi connectivity index (χ1v) is 30.8. The predicted molar refractivity (Wildman–Crippen MR) is 307 cm³/mol. The lowest BCUT2D eigenvalue weighted by Crippen LogP contribution is -2.30. The molecule has 0 aliphatic rings. The number of unbranched alkanes of at least 4 members (excludes halogenated alkanes) is 35. The average Bonchev–Trinajstić information content (AvgIpc) is 3.37. The summed E-state index contributed by atoms with van der Waals surface area (Å²) in [6, 6.07) is 0. The summed E-state index contributed by atoms with van der Waals surface area (Å²) in [5, 5.41) is 0. The van der Waals surface area contributed by atoms with E-state index in [0.29, 0.717) is 19.3 Å². The van der Waals surface area contributed by atoms with Crippen molar-refractivity contribution in [2.24, 2.45) is 0 Å². The van der Waals surface area contributed by atoms with Gasteiger partial charge in [0.2, 0.25) is 0 Å². The molecule has 6 nitrogen and oxygen atoms in total. The van der Waals surface area contributed by atoms with Crippen molar-refractivity contribution in [1.82, 2.24) is 0 Å². The molecule has 412 valence electrons. The normalized spacial score (nSPS) is 12.4. The van der Waals surface area contributed by atoms with E-state index in [0.717, 1.165) is 96.3 Å². The van der Waals surface area contributed by atoms with Crippen molar-refractivity contribution in [3.05, 3.63) is 60.8 Å². The zero-order valence-corrected chi connectivity index (χ0v) is 47.2. The molecule has 6 heteroatoms. The Balaban J connectivity index is 4.02. The minimum absolute atomic E-state index is 0.0754. The van der Waals surface area contributed by atoms with Crippen LogP contribution in [0.25, 0.3) is 0 Å². The van der Waals surface area contributed by atoms with Crippen LogP contribution in [0.1, 0.15) is 316 Å². The van der Waals surface area contributed by atoms with E-state index in [2.05, 4.69) is 81.5 Å². The first-order valence-electron chi connectivity index (χ1n) is 30.8. The van der Waals surface area contributed by atoms with Gasteiger partial charge < -0.3 is 14.2 Å². The van der Waals surface area contributed by atoms with Crippen molar-refractivity contribution in [2.45, 2.75) is 322 Å². The van der Waals surface area contributed by atoms with E-state index in [1.165, 1.54) is 180 Å². The molecule has 0 radical (unpaired) electrons. The molecule has 0 N–H and O–H groups in total. The van der Waals surface area contributed by atoms with Gasteiger partial charge in [0.05, 0.1) is 0 Å². The Hall–Kier alpha value is -2.89. The number of hydrogen-bond donors (Lipinski definition) is 0. The molecule has 0 amide bonds. The smallest absolute Gasteiger partial charge is 0.306 e. The van der Waals surface area contributed by atoms with Crippen molar-refractivity contribution in [3.63, 3.8) is 0 Å². The molecule has 0 spiro atoms. The number of ether oxygens (including phenoxy) is 3. The van der Waals surface area contributed by atoms with Gasteiger partial charge in [-0.05, 0) is 83.5 Å². The molecule has 1 atom stereocenters. The lowest BCUT2D eigenvalue weighted by atomic mass is 10.0. The summed E-state index contributed by atoms with van der Waals surface area (Å²) in [7, 11) is 0. The number of hydrogen-bond acceptors (Lipinski definition) is 6. The SMILES string of the molecule is CC/C=C\C/C=C\C/C=C\C/C=C\CCCCCCCCCCC(=O)OC(COC(=O)CCCCCCC)COC(=O)CCCCCCCCCCCCCCCCC/C=C\CCCCCCCCCC. The standard InChI is InChI=1S/C65H116O6/c1-4-7-10-13-15-17-19-21-23-25-27-29-30-31-32-33-34-36-37-39-41-43-45-47-49-52-55-58-64(67)70-61-62(60-69-63(66)57-54-51-12-9-6-3)71-65(68)59-56-53-50-48-46-44-42-40-38-35-28-26-24-22-20-18-16-14-11-8-5-2/h8,11,16,18,22,24-25,27-28,35,62H,4-7,9-10,12-15,17,19-21,23,26,29-34,36-61H2,1-3H3/b11-8-,18-16-,24-22-,27-25-,35-28-. The molecule has 0 saturated heterocycles. The molecule has 0 aromatic rings. The zero-order chi connectivity index (χ0) is 51.4. The quantitative estimate of drug-likeness (QED) is 0.0261. The Morgan fingerprint density at radius 3 is 0.873 bits per heavy atom. The van der Waals surface area contributed by atoms with Gasteiger partial charge in [-0.25, -0.2) is 0 Å². The summed E-state index contributed by atoms with van der Waals surface area (Å²) < 4.78 is 16.8. The first kappa shape index (κ1) is 68.1. The van der Waals surface area contributed by atoms with Crippen LogP contribution in [0.2, 0.25) is 0 Å². The second kappa shape index (κ2) is 59.7. The van der Waals surface area contributed by atoms with Crippen LogP contribution in [0.5, 0.6) is 0 Å². The van der Waals surface area contributed by atoms with Crippen molar-refractivity contribution in [3.8, 4) is 0 Å². The maximum Gasteiger partial charge on any atom is 0.306 e. The highest BCUT2D eigenvalue weighted by molar-refractivity contribution is 5.71. The van der Waals surface area contributed by atoms with Crippen LogP contribution in [0, 0.1) is 0 Å². The van der Waals surface area contributed by atoms with Crippen molar-refractivity contribution in [1.29, 1.82) is 0 Å². The van der Waals surface area contributed by atoms with Crippen LogP contribution >= 0.6 is 0 Å². The lowest BCUT2D eigenvalue weighted by molar-refractivity contribution is -0.167. The minimum atomic E-state index is -0.774. The van der Waals surface area contributed by atoms with Crippen molar-refractivity contribution in [2.75, 3.05) is 13.2 Å². The molecule has 0 aromatic carbocycles. The van der Waals surface area contributed by atoms with Gasteiger partial charge in [0.25, 0.3) is 0 Å². The predicted octanol–water partition coefficient (Wildman–Crippen LogP) is 20.8. The van der Waals surface area contributed by atoms with E-state index in [1.807, 2.05) is 0 Å². The summed E-state index contributed by atoms with van der Waals surface area (Å²) in [4.78, 5) is 37.9. The van der Waals surface area contributed by atoms with Gasteiger partial charge >= 0.3 is 17.9 Å². The van der Waals surface area contributed by atoms with Gasteiger partial charge in [-0.15, -0.1) is 0 Å². The van der Waals surface area contributed by atoms with Crippen LogP contribution in [-0.4, -0.2) is 37.2 Å². The zero-order valence-electron chi connectivity index (χ0n) is 47.2. The Labute approximate surface area is 440 Å². The minimum Gasteiger partial charge on any atom is -0.462 e. The third kappa shape index (κ3) is 57.9. The molecule has 0 saturated carbocycles. The van der Waals surface area contributed by atoms with E-state index in [4.69, 9.17) is 14.2 Å². The molecule has 0 rings (SSSR count). The number of allylic oxidation sites excluding steroid dienone is 10. The second-order valence-corrected chi connectivity index (χ2v) is 20.6. The van der Waals surface area contributed by atoms with Gasteiger partial charge in [-0.3, -0.25) is 14.4 Å². The maximum absolute atomic E-state index is 12.8. The highest BCUT2D eigenvalue weighted by Crippen LogP contribution is 2.17. The monoisotopic (exact) mass is 993 g/mol. The average molecular weight is 994 g/mol. The van der Waals surface area contributed by atoms with Crippen molar-refractivity contribution >= 4 is 17.9 Å². The van der Waals surface area contributed by atoms with Gasteiger partial charge in [0.1, 0.15) is 13.2 Å². The summed E-state index contributed by atoms with van der Waals surface area (Å²) in [6.07, 6.45) is 75.6. The fraction of sp³-hybridized carbons (Fsp3) is 0.800. The van der Waals surface area contributed by atoms with E-state index in [1.54, 1.807) is 0 Å². The molecule has 1 unspecified atom stereocenters. The van der Waals surface area contributed by atoms with Gasteiger partial charge in [-0.1, -0.05) is 274 Å². The van der Waals surface area contributed by atoms with Crippen LogP contribution in [0.3, 0.4) is 0 Å². The molecule has 0 heterocycles. The van der Waals surface area contributed by atoms with Gasteiger partial charge in [0, 0.05) is 19.3 Å². The maximum atomic E-state index is 12.8. The van der Waals surface area contributed by atoms with Crippen LogP contribution in [0.15, 0.2) is 60.8 Å². The third-order valence-corrected chi connectivity index (χ3v) is 13.5. The summed E-state index contributed by atoms with van der Waals surface area (Å²) in [5.41, 5.74) is 0. The highest BCUT2D eigenvalue weighted by Gasteiger charge is 2.19. The van der Waals surface area contributed by atoms with E-state index in [9.17, 15) is 14.4 Å². The number of rotatable bonds is 56. The van der Waals surface area contributed by atoms with E-state index in [-0.39, 0.29) is 31.1 Å². The Morgan fingerprint density at radius 2 is 0.549 bits per heavy atom. The van der Waals surface area contributed by atoms with Crippen molar-refractivity contribution < 1.29 is 28.6 Å². The lowest BCUT2D eigenvalue weighted by Gasteiger charge is -2.18. The largest absolute Gasteiger partial charge is 0.462 e. The Morgan fingerprint density at radius 1 is 0.296 bits per heavy atom. The first-order chi connectivity index (χ1) is 35.0. The number of esters is 3. The fourth-order valence-electron chi connectivity index (χ4n) is 8.90. The summed E-state index contributed by atoms with van der Waals surface area (Å²) in [6.45, 7) is 6.47. The van der Waals surface area contributed by atoms with E-state index >= 15 is 0 Å². The molecule has 0 bridgehead atoms. The molecular weight excluding hydrogens is 877 g/mol. The Kier molecular flexibility index (Phi) is 57.2. The molecular formula is C65H116O6. The fourth-order valence-corrected chi connectivity index (χ4v) is 8.90. The second-order valence-electron chi connectivity index (χ2n) is 20.6. The Bertz CT molecular complexity index is 1280. The van der Waals surface area contributed by atoms with Gasteiger partial charge in [-0.2, -0.15) is 0 Å². The van der Waals surface area contributed by atoms with Gasteiger partial charge in [0.15, 0.2) is 6.10 Å². The summed E-state index contributed by atoms with van der Waals surface area (Å²) in [5.74, 6) is -0.885. The molecule has 71 heavy (non-hydrogen) atoms. The topological polar surface area (TPSA) is 78.9 Å². The van der Waals surface area contributed by atoms with Crippen LogP contribution < -0.4 is 0 Å². The van der Waals surface area contributed by atoms with E-state index < -0.39 is 6.10 Å². The molecule has 0 aliphatic carbocycles. The van der Waals surface area contributed by atoms with Crippen LogP contribution in [-0.2, 0) is 28.6 Å². The molecule has 0 aromatic heterocycles. The summed E-state index contributed by atoms with van der Waals surface area (Å²) >= 11 is 0. The molecule has 0 aliphatic heterocycles. The molecule has 0 fully saturated rings. The highest BCUT2D eigenvalue weighted by atomic mass is 16.6.